The summed E-state index contributed by atoms with van der Waals surface area (Å²) in [5, 5.41) is 11.7. The number of nitrogens with zero attached hydrogens (tertiary/aromatic N) is 6. The third kappa shape index (κ3) is 7.80. The third-order valence-electron chi connectivity index (χ3n) is 16.4. The lowest BCUT2D eigenvalue weighted by atomic mass is 10.0. The SMILES string of the molecule is c1ccc(-c2cccc(-c3nc(-n4c5ccccc5c5cc6ccccc6cc54)nc4c3oc3ccccc34)c2)cc1.c1ccc(-c2cccc(-c3nc(-n4c5ccccc5c5cc6ccccc6cc54)nc4c3sc3ccccc34)c2)cc1. The van der Waals surface area contributed by atoms with Crippen LogP contribution < -0.4 is 0 Å². The lowest BCUT2D eigenvalue weighted by Crippen LogP contribution is -2.03. The van der Waals surface area contributed by atoms with Gasteiger partial charge >= 0.3 is 0 Å². The van der Waals surface area contributed by atoms with Crippen LogP contribution in [0.15, 0.2) is 283 Å². The molecular formula is C76H46N6OS. The molecule has 0 fully saturated rings. The summed E-state index contributed by atoms with van der Waals surface area (Å²) < 4.78 is 13.2. The fraction of sp³-hybridized carbons (Fsp3) is 0. The first-order valence-electron chi connectivity index (χ1n) is 28.2. The van der Waals surface area contributed by atoms with Crippen LogP contribution in [-0.2, 0) is 0 Å². The Labute approximate surface area is 485 Å². The summed E-state index contributed by atoms with van der Waals surface area (Å²) in [6.07, 6.45) is 0. The first-order valence-corrected chi connectivity index (χ1v) is 29.0. The first-order chi connectivity index (χ1) is 41.6. The van der Waals surface area contributed by atoms with E-state index in [1.807, 2.05) is 24.3 Å². The highest BCUT2D eigenvalue weighted by molar-refractivity contribution is 7.26. The van der Waals surface area contributed by atoms with Crippen molar-refractivity contribution in [2.75, 3.05) is 0 Å². The van der Waals surface area contributed by atoms with E-state index in [9.17, 15) is 0 Å². The van der Waals surface area contributed by atoms with E-state index in [1.165, 1.54) is 58.9 Å². The van der Waals surface area contributed by atoms with Crippen LogP contribution >= 0.6 is 11.3 Å². The average Bonchev–Trinajstić information content (AvgIpc) is 2.76. The zero-order chi connectivity index (χ0) is 55.2. The molecule has 0 spiro atoms. The number of hydrogen-bond acceptors (Lipinski definition) is 6. The summed E-state index contributed by atoms with van der Waals surface area (Å²) in [6.45, 7) is 0. The summed E-state index contributed by atoms with van der Waals surface area (Å²) in [4.78, 5) is 21.2. The van der Waals surface area contributed by atoms with Crippen LogP contribution in [0, 0.1) is 0 Å². The normalized spacial score (nSPS) is 11.8. The Hall–Kier alpha value is -11.1. The molecule has 0 bridgehead atoms. The highest BCUT2D eigenvalue weighted by Crippen LogP contribution is 2.43. The van der Waals surface area contributed by atoms with Crippen molar-refractivity contribution in [3.63, 3.8) is 0 Å². The van der Waals surface area contributed by atoms with Gasteiger partial charge in [0.15, 0.2) is 5.58 Å². The zero-order valence-corrected chi connectivity index (χ0v) is 45.9. The fourth-order valence-electron chi connectivity index (χ4n) is 12.4. The van der Waals surface area contributed by atoms with E-state index in [1.54, 1.807) is 11.3 Å². The van der Waals surface area contributed by atoms with Gasteiger partial charge in [-0.2, -0.15) is 0 Å². The van der Waals surface area contributed by atoms with Crippen molar-refractivity contribution >= 4 is 119 Å². The van der Waals surface area contributed by atoms with Crippen LogP contribution in [-0.4, -0.2) is 29.1 Å². The number of hydrogen-bond donors (Lipinski definition) is 0. The van der Waals surface area contributed by atoms with Crippen molar-refractivity contribution < 1.29 is 4.42 Å². The molecule has 0 unspecified atom stereocenters. The Kier molecular flexibility index (Phi) is 11.0. The van der Waals surface area contributed by atoms with Gasteiger partial charge in [-0.25, -0.2) is 19.9 Å². The molecule has 0 saturated heterocycles. The molecule has 0 aliphatic heterocycles. The standard InChI is InChI=1S/C38H23N3O.C38H23N3S/c2*1-2-11-24(12-3-1)25-15-10-16-28(21-25)35-37-36(30-18-7-9-20-34(30)42-37)40-38(39-35)41-32-19-8-6-17-29(32)31-22-26-13-4-5-14-27(26)23-33(31)41/h2*1-23H. The van der Waals surface area contributed by atoms with Gasteiger partial charge < -0.3 is 4.42 Å². The van der Waals surface area contributed by atoms with E-state index in [-0.39, 0.29) is 0 Å². The van der Waals surface area contributed by atoms with Crippen LogP contribution in [0.4, 0.5) is 0 Å². The average molecular weight is 1090 g/mol. The monoisotopic (exact) mass is 1090 g/mol. The number of rotatable bonds is 6. The first kappa shape index (κ1) is 47.7. The molecule has 7 nitrogen and oxygen atoms in total. The van der Waals surface area contributed by atoms with Crippen molar-refractivity contribution in [1.82, 2.24) is 29.1 Å². The molecule has 6 aromatic heterocycles. The molecule has 18 aromatic rings. The molecule has 0 amide bonds. The van der Waals surface area contributed by atoms with Crippen LogP contribution in [0.25, 0.3) is 164 Å². The Bertz CT molecular complexity index is 5290. The van der Waals surface area contributed by atoms with Crippen LogP contribution in [0.2, 0.25) is 0 Å². The van der Waals surface area contributed by atoms with Gasteiger partial charge in [0.05, 0.1) is 38.0 Å². The predicted octanol–water partition coefficient (Wildman–Crippen LogP) is 20.4. The number of aromatic nitrogens is 6. The second-order valence-corrected chi connectivity index (χ2v) is 22.4. The number of furan rings is 1. The van der Waals surface area contributed by atoms with Gasteiger partial charge in [-0.1, -0.05) is 212 Å². The summed E-state index contributed by atoms with van der Waals surface area (Å²) in [5.74, 6) is 1.31. The lowest BCUT2D eigenvalue weighted by Gasteiger charge is -2.11. The van der Waals surface area contributed by atoms with Crippen molar-refractivity contribution in [3.05, 3.63) is 279 Å². The van der Waals surface area contributed by atoms with Gasteiger partial charge in [0.25, 0.3) is 0 Å². The minimum atomic E-state index is 0.621. The van der Waals surface area contributed by atoms with Gasteiger partial charge in [0.2, 0.25) is 11.9 Å². The summed E-state index contributed by atoms with van der Waals surface area (Å²) >= 11 is 1.77. The molecule has 0 aliphatic rings. The molecule has 8 heteroatoms. The van der Waals surface area contributed by atoms with Gasteiger partial charge in [0, 0.05) is 48.1 Å². The number of fused-ring (bicyclic) bond motifs is 14. The van der Waals surface area contributed by atoms with Crippen LogP contribution in [0.5, 0.6) is 0 Å². The molecule has 0 atom stereocenters. The minimum Gasteiger partial charge on any atom is -0.452 e. The zero-order valence-electron chi connectivity index (χ0n) is 45.1. The Morgan fingerprint density at radius 1 is 0.286 bits per heavy atom. The van der Waals surface area contributed by atoms with E-state index in [4.69, 9.17) is 24.4 Å². The smallest absolute Gasteiger partial charge is 0.236 e. The molecule has 84 heavy (non-hydrogen) atoms. The quantitative estimate of drug-likeness (QED) is 0.166. The van der Waals surface area contributed by atoms with E-state index < -0.39 is 0 Å². The second kappa shape index (κ2) is 19.3. The molecule has 0 N–H and O–H groups in total. The fourth-order valence-corrected chi connectivity index (χ4v) is 13.6. The van der Waals surface area contributed by atoms with Gasteiger partial charge in [-0.3, -0.25) is 9.13 Å². The molecule has 0 saturated carbocycles. The second-order valence-electron chi connectivity index (χ2n) is 21.3. The molecule has 12 aromatic carbocycles. The maximum absolute atomic E-state index is 6.45. The molecule has 6 heterocycles. The Morgan fingerprint density at radius 2 is 0.714 bits per heavy atom. The predicted molar refractivity (Wildman–Crippen MR) is 350 cm³/mol. The van der Waals surface area contributed by atoms with E-state index in [0.29, 0.717) is 17.5 Å². The minimum absolute atomic E-state index is 0.621. The summed E-state index contributed by atoms with van der Waals surface area (Å²) in [6, 6.07) is 98.0. The van der Waals surface area contributed by atoms with Crippen molar-refractivity contribution in [1.29, 1.82) is 0 Å². The van der Waals surface area contributed by atoms with Crippen LogP contribution in [0.3, 0.4) is 0 Å². The molecule has 0 aliphatic carbocycles. The van der Waals surface area contributed by atoms with Gasteiger partial charge in [-0.05, 0) is 111 Å². The largest absolute Gasteiger partial charge is 0.452 e. The number of benzene rings is 12. The van der Waals surface area contributed by atoms with Crippen molar-refractivity contribution in [3.8, 4) is 56.7 Å². The summed E-state index contributed by atoms with van der Waals surface area (Å²) in [7, 11) is 0. The number of thiophene rings is 1. The number of para-hydroxylation sites is 3. The molecule has 18 rings (SSSR count). The van der Waals surface area contributed by atoms with Gasteiger partial charge in [-0.15, -0.1) is 11.3 Å². The van der Waals surface area contributed by atoms with E-state index in [0.717, 1.165) is 87.8 Å². The van der Waals surface area contributed by atoms with Gasteiger partial charge in [0.1, 0.15) is 16.8 Å². The lowest BCUT2D eigenvalue weighted by molar-refractivity contribution is 0.666. The third-order valence-corrected chi connectivity index (χ3v) is 17.5. The van der Waals surface area contributed by atoms with Crippen LogP contribution in [0.1, 0.15) is 0 Å². The van der Waals surface area contributed by atoms with Crippen molar-refractivity contribution in [2.24, 2.45) is 0 Å². The Morgan fingerprint density at radius 3 is 1.30 bits per heavy atom. The highest BCUT2D eigenvalue weighted by Gasteiger charge is 2.24. The molecule has 392 valence electrons. The highest BCUT2D eigenvalue weighted by atomic mass is 32.1. The van der Waals surface area contributed by atoms with Crippen molar-refractivity contribution in [2.45, 2.75) is 0 Å². The van der Waals surface area contributed by atoms with E-state index >= 15 is 0 Å². The maximum atomic E-state index is 6.45. The van der Waals surface area contributed by atoms with E-state index in [2.05, 4.69) is 264 Å². The molecular weight excluding hydrogens is 1040 g/mol. The molecule has 0 radical (unpaired) electrons. The summed E-state index contributed by atoms with van der Waals surface area (Å²) in [5.41, 5.74) is 16.1. The topological polar surface area (TPSA) is 74.6 Å². The Balaban J connectivity index is 0.000000132. The maximum Gasteiger partial charge on any atom is 0.236 e.